The van der Waals surface area contributed by atoms with Crippen molar-refractivity contribution in [2.45, 2.75) is 38.5 Å². The van der Waals surface area contributed by atoms with Crippen molar-refractivity contribution in [3.05, 3.63) is 107 Å². The molecule has 1 aliphatic rings. The van der Waals surface area contributed by atoms with Crippen molar-refractivity contribution in [2.75, 3.05) is 28.6 Å². The fourth-order valence-corrected chi connectivity index (χ4v) is 5.61. The van der Waals surface area contributed by atoms with Crippen molar-refractivity contribution in [3.63, 3.8) is 0 Å². The monoisotopic (exact) mass is 564 g/mol. The Kier molecular flexibility index (Phi) is 7.77. The molecule has 214 valence electrons. The zero-order chi connectivity index (χ0) is 29.2. The minimum atomic E-state index is -4.64. The van der Waals surface area contributed by atoms with Gasteiger partial charge in [-0.25, -0.2) is 4.79 Å². The van der Waals surface area contributed by atoms with Crippen LogP contribution in [-0.4, -0.2) is 29.4 Å². The van der Waals surface area contributed by atoms with Crippen LogP contribution in [0.5, 0.6) is 0 Å². The van der Waals surface area contributed by atoms with Crippen LogP contribution >= 0.6 is 0 Å². The van der Waals surface area contributed by atoms with E-state index in [4.69, 9.17) is 4.52 Å². The number of alkyl halides is 3. The lowest BCUT2D eigenvalue weighted by Crippen LogP contribution is -2.44. The van der Waals surface area contributed by atoms with Crippen LogP contribution in [0.25, 0.3) is 0 Å². The van der Waals surface area contributed by atoms with Crippen LogP contribution in [0.1, 0.15) is 41.0 Å². The van der Waals surface area contributed by atoms with E-state index in [0.717, 1.165) is 17.2 Å². The number of halogens is 3. The molecule has 10 heteroatoms. The van der Waals surface area contributed by atoms with Gasteiger partial charge >= 0.3 is 12.2 Å². The lowest BCUT2D eigenvalue weighted by Gasteiger charge is -2.43. The van der Waals surface area contributed by atoms with E-state index in [9.17, 15) is 23.1 Å². The number of carbonyl (C=O) groups excluding carboxylic acids is 1. The van der Waals surface area contributed by atoms with Gasteiger partial charge in [0.1, 0.15) is 17.0 Å². The maximum absolute atomic E-state index is 14.2. The molecule has 1 aromatic heterocycles. The Morgan fingerprint density at radius 1 is 0.927 bits per heavy atom. The van der Waals surface area contributed by atoms with Crippen LogP contribution in [0.3, 0.4) is 0 Å². The molecular weight excluding hydrogens is 533 g/mol. The van der Waals surface area contributed by atoms with Gasteiger partial charge in [0.05, 0.1) is 5.56 Å². The van der Waals surface area contributed by atoms with Crippen LogP contribution in [0.2, 0.25) is 0 Å². The van der Waals surface area contributed by atoms with E-state index in [0.29, 0.717) is 43.1 Å². The van der Waals surface area contributed by atoms with E-state index in [1.54, 1.807) is 18.7 Å². The summed E-state index contributed by atoms with van der Waals surface area (Å²) in [6.07, 6.45) is -3.67. The van der Waals surface area contributed by atoms with Crippen molar-refractivity contribution in [2.24, 2.45) is 5.92 Å². The lowest BCUT2D eigenvalue weighted by atomic mass is 9.72. The van der Waals surface area contributed by atoms with Crippen molar-refractivity contribution < 1.29 is 27.6 Å². The zero-order valence-corrected chi connectivity index (χ0v) is 22.7. The standard InChI is InChI=1S/C31H31F3N4O3/c1-20-28(21(2)41-37-20)36-29(39)35-25-13-14-27(26(19-25)31(32,33)34)38-17-15-24(16-18-38)30(40,22-9-5-3-6-10-22)23-11-7-4-8-12-23/h3-14,19,24,40H,15-18H2,1-2H3,(H2,35,36,39). The Hall–Kier alpha value is -4.31. The summed E-state index contributed by atoms with van der Waals surface area (Å²) < 4.78 is 47.7. The third-order valence-electron chi connectivity index (χ3n) is 7.69. The molecule has 0 saturated carbocycles. The first-order chi connectivity index (χ1) is 19.6. The molecule has 0 unspecified atom stereocenters. The number of aromatic nitrogens is 1. The average Bonchev–Trinajstić information content (AvgIpc) is 3.29. The van der Waals surface area contributed by atoms with Gasteiger partial charge in [-0.2, -0.15) is 13.2 Å². The maximum atomic E-state index is 14.2. The number of anilines is 3. The van der Waals surface area contributed by atoms with Crippen molar-refractivity contribution >= 4 is 23.1 Å². The number of urea groups is 1. The zero-order valence-electron chi connectivity index (χ0n) is 22.7. The molecule has 3 aromatic carbocycles. The topological polar surface area (TPSA) is 90.6 Å². The number of hydrogen-bond acceptors (Lipinski definition) is 5. The van der Waals surface area contributed by atoms with Gasteiger partial charge in [-0.05, 0) is 61.9 Å². The molecule has 3 N–H and O–H groups in total. The average molecular weight is 565 g/mol. The number of aryl methyl sites for hydroxylation is 2. The molecule has 0 bridgehead atoms. The van der Waals surface area contributed by atoms with Gasteiger partial charge < -0.3 is 25.2 Å². The number of piperidine rings is 1. The molecule has 2 amide bonds. The summed E-state index contributed by atoms with van der Waals surface area (Å²) >= 11 is 0. The maximum Gasteiger partial charge on any atom is 0.418 e. The normalized spacial score (nSPS) is 14.6. The highest BCUT2D eigenvalue weighted by Crippen LogP contribution is 2.44. The number of benzene rings is 3. The van der Waals surface area contributed by atoms with E-state index in [1.165, 1.54) is 12.1 Å². The Morgan fingerprint density at radius 3 is 2.02 bits per heavy atom. The number of amides is 2. The smallest absolute Gasteiger partial charge is 0.380 e. The van der Waals surface area contributed by atoms with Crippen molar-refractivity contribution in [1.82, 2.24) is 5.16 Å². The summed E-state index contributed by atoms with van der Waals surface area (Å²) in [5, 5.41) is 20.9. The van der Waals surface area contributed by atoms with Gasteiger partial charge in [0.15, 0.2) is 5.76 Å². The number of nitrogens with zero attached hydrogens (tertiary/aromatic N) is 2. The van der Waals surface area contributed by atoms with E-state index < -0.39 is 23.4 Å². The summed E-state index contributed by atoms with van der Waals surface area (Å²) in [5.74, 6) is 0.186. The number of carbonyl (C=O) groups is 1. The van der Waals surface area contributed by atoms with E-state index in [-0.39, 0.29) is 17.3 Å². The van der Waals surface area contributed by atoms with Crippen LogP contribution in [0.15, 0.2) is 83.4 Å². The number of hydrogen-bond donors (Lipinski definition) is 3. The minimum Gasteiger partial charge on any atom is -0.380 e. The molecule has 7 nitrogen and oxygen atoms in total. The molecule has 4 aromatic rings. The van der Waals surface area contributed by atoms with Crippen LogP contribution < -0.4 is 15.5 Å². The number of nitrogens with one attached hydrogen (secondary N) is 2. The van der Waals surface area contributed by atoms with E-state index in [1.807, 2.05) is 60.7 Å². The van der Waals surface area contributed by atoms with E-state index in [2.05, 4.69) is 15.8 Å². The predicted molar refractivity (Wildman–Crippen MR) is 151 cm³/mol. The molecule has 1 aliphatic heterocycles. The number of rotatable bonds is 6. The van der Waals surface area contributed by atoms with E-state index >= 15 is 0 Å². The number of aliphatic hydroxyl groups is 1. The fourth-order valence-electron chi connectivity index (χ4n) is 5.61. The first-order valence-corrected chi connectivity index (χ1v) is 13.4. The molecule has 2 heterocycles. The Labute approximate surface area is 236 Å². The second kappa shape index (κ2) is 11.3. The summed E-state index contributed by atoms with van der Waals surface area (Å²) in [5.41, 5.74) is 0.259. The summed E-state index contributed by atoms with van der Waals surface area (Å²) in [6, 6.07) is 21.9. The van der Waals surface area contributed by atoms with Crippen molar-refractivity contribution in [1.29, 1.82) is 0 Å². The van der Waals surface area contributed by atoms with Crippen LogP contribution in [0.4, 0.5) is 35.0 Å². The molecule has 0 aliphatic carbocycles. The predicted octanol–water partition coefficient (Wildman–Crippen LogP) is 7.11. The molecular formula is C31H31F3N4O3. The highest BCUT2D eigenvalue weighted by molar-refractivity contribution is 6.00. The van der Waals surface area contributed by atoms with Crippen LogP contribution in [-0.2, 0) is 11.8 Å². The second-order valence-corrected chi connectivity index (χ2v) is 10.3. The highest BCUT2D eigenvalue weighted by Gasteiger charge is 2.43. The third-order valence-corrected chi connectivity index (χ3v) is 7.69. The molecule has 1 fully saturated rings. The molecule has 0 radical (unpaired) electrons. The molecule has 1 saturated heterocycles. The van der Waals surface area contributed by atoms with Gasteiger partial charge in [-0.15, -0.1) is 0 Å². The first-order valence-electron chi connectivity index (χ1n) is 13.4. The quantitative estimate of drug-likeness (QED) is 0.232. The Bertz CT molecular complexity index is 1440. The molecule has 41 heavy (non-hydrogen) atoms. The van der Waals surface area contributed by atoms with Gasteiger partial charge in [0.25, 0.3) is 0 Å². The SMILES string of the molecule is Cc1noc(C)c1NC(=O)Nc1ccc(N2CCC(C(O)(c3ccccc3)c3ccccc3)CC2)c(C(F)(F)F)c1. The van der Waals surface area contributed by atoms with Crippen LogP contribution in [0, 0.1) is 19.8 Å². The Morgan fingerprint density at radius 2 is 1.51 bits per heavy atom. The summed E-state index contributed by atoms with van der Waals surface area (Å²) in [4.78, 5) is 14.2. The molecule has 0 spiro atoms. The lowest BCUT2D eigenvalue weighted by molar-refractivity contribution is -0.137. The fraction of sp³-hybridized carbons (Fsp3) is 0.290. The Balaban J connectivity index is 1.35. The minimum absolute atomic E-state index is 0.00255. The second-order valence-electron chi connectivity index (χ2n) is 10.3. The first kappa shape index (κ1) is 28.2. The molecule has 5 rings (SSSR count). The van der Waals surface area contributed by atoms with Gasteiger partial charge in [0.2, 0.25) is 0 Å². The van der Waals surface area contributed by atoms with Gasteiger partial charge in [-0.3, -0.25) is 0 Å². The third kappa shape index (κ3) is 5.78. The van der Waals surface area contributed by atoms with Gasteiger partial charge in [-0.1, -0.05) is 65.8 Å². The van der Waals surface area contributed by atoms with Crippen molar-refractivity contribution in [3.8, 4) is 0 Å². The van der Waals surface area contributed by atoms with Gasteiger partial charge in [0, 0.05) is 24.5 Å². The summed E-state index contributed by atoms with van der Waals surface area (Å²) in [6.45, 7) is 3.92. The summed E-state index contributed by atoms with van der Waals surface area (Å²) in [7, 11) is 0. The highest BCUT2D eigenvalue weighted by atomic mass is 19.4. The molecule has 0 atom stereocenters. The largest absolute Gasteiger partial charge is 0.418 e.